The molecule has 192 valence electrons. The number of aliphatic imine (C=N–C) groups is 2. The molecule has 1 atom stereocenters. The highest BCUT2D eigenvalue weighted by atomic mass is 35.5. The van der Waals surface area contributed by atoms with Crippen LogP contribution in [0.4, 0.5) is 20.2 Å². The van der Waals surface area contributed by atoms with E-state index in [2.05, 4.69) is 25.5 Å². The number of nitrogens with one attached hydrogen (secondary N) is 2. The molecular weight excluding hydrogens is 490 g/mol. The molecule has 0 aromatic heterocycles. The Hall–Kier alpha value is -3.21. The molecule has 0 saturated heterocycles. The number of halogens is 3. The fourth-order valence-corrected chi connectivity index (χ4v) is 4.12. The summed E-state index contributed by atoms with van der Waals surface area (Å²) in [4.78, 5) is 12.8. The second-order valence-corrected chi connectivity index (χ2v) is 8.92. The Balaban J connectivity index is 1.38. The molecule has 2 aromatic carbocycles. The van der Waals surface area contributed by atoms with Crippen LogP contribution in [0.25, 0.3) is 0 Å². The number of likely N-dealkylation sites (N-methyl/N-ethyl adjacent to an activating group) is 1. The lowest BCUT2D eigenvalue weighted by atomic mass is 10.0. The third-order valence-corrected chi connectivity index (χ3v) is 6.08. The fraction of sp³-hybridized carbons (Fsp3) is 0.360. The molecule has 36 heavy (non-hydrogen) atoms. The van der Waals surface area contributed by atoms with Crippen molar-refractivity contribution in [3.63, 3.8) is 0 Å². The van der Waals surface area contributed by atoms with E-state index in [1.807, 2.05) is 26.2 Å². The number of anilines is 2. The van der Waals surface area contributed by atoms with Crippen LogP contribution in [0.1, 0.15) is 11.6 Å². The van der Waals surface area contributed by atoms with Gasteiger partial charge in [0.05, 0.1) is 43.6 Å². The van der Waals surface area contributed by atoms with Crippen LogP contribution in [0, 0.1) is 11.6 Å². The van der Waals surface area contributed by atoms with Crippen molar-refractivity contribution in [1.29, 1.82) is 0 Å². The van der Waals surface area contributed by atoms with E-state index in [9.17, 15) is 8.78 Å². The fourth-order valence-electron chi connectivity index (χ4n) is 3.88. The van der Waals surface area contributed by atoms with Gasteiger partial charge in [-0.05, 0) is 38.4 Å². The SMILES string of the molecule is COc1ccc(C2CN=C3C(Nc4ccc(NCCOCCN(C)C)c(Cl)c4)=NC=CN32)c(F)c1F. The van der Waals surface area contributed by atoms with Gasteiger partial charge in [-0.3, -0.25) is 4.99 Å². The Bertz CT molecular complexity index is 1190. The van der Waals surface area contributed by atoms with Crippen molar-refractivity contribution in [3.05, 3.63) is 65.0 Å². The van der Waals surface area contributed by atoms with E-state index < -0.39 is 17.7 Å². The highest BCUT2D eigenvalue weighted by Crippen LogP contribution is 2.34. The van der Waals surface area contributed by atoms with E-state index in [1.165, 1.54) is 19.2 Å². The summed E-state index contributed by atoms with van der Waals surface area (Å²) in [5.41, 5.74) is 1.71. The number of benzene rings is 2. The van der Waals surface area contributed by atoms with E-state index in [4.69, 9.17) is 21.1 Å². The maximum absolute atomic E-state index is 14.7. The predicted octanol–water partition coefficient (Wildman–Crippen LogP) is 4.37. The van der Waals surface area contributed by atoms with Gasteiger partial charge in [0.25, 0.3) is 0 Å². The summed E-state index contributed by atoms with van der Waals surface area (Å²) in [6.07, 6.45) is 3.29. The summed E-state index contributed by atoms with van der Waals surface area (Å²) in [5.74, 6) is -1.08. The predicted molar refractivity (Wildman–Crippen MR) is 139 cm³/mol. The third-order valence-electron chi connectivity index (χ3n) is 5.77. The van der Waals surface area contributed by atoms with Crippen LogP contribution in [0.15, 0.2) is 52.7 Å². The summed E-state index contributed by atoms with van der Waals surface area (Å²) >= 11 is 6.47. The lowest BCUT2D eigenvalue weighted by Crippen LogP contribution is -2.37. The van der Waals surface area contributed by atoms with Crippen molar-refractivity contribution in [3.8, 4) is 5.75 Å². The molecule has 2 heterocycles. The Morgan fingerprint density at radius 2 is 2.00 bits per heavy atom. The Morgan fingerprint density at radius 1 is 1.17 bits per heavy atom. The Kier molecular flexibility index (Phi) is 8.40. The number of fused-ring (bicyclic) bond motifs is 1. The van der Waals surface area contributed by atoms with Crippen molar-refractivity contribution >= 4 is 34.6 Å². The average Bonchev–Trinajstić information content (AvgIpc) is 3.29. The molecule has 0 fully saturated rings. The molecule has 0 saturated carbocycles. The van der Waals surface area contributed by atoms with Crippen LogP contribution in [0.3, 0.4) is 0 Å². The normalized spacial score (nSPS) is 16.6. The first-order valence-electron chi connectivity index (χ1n) is 11.5. The number of nitrogens with zero attached hydrogens (tertiary/aromatic N) is 4. The van der Waals surface area contributed by atoms with Crippen LogP contribution in [0.5, 0.6) is 5.75 Å². The zero-order valence-electron chi connectivity index (χ0n) is 20.4. The summed E-state index contributed by atoms with van der Waals surface area (Å²) in [5, 5.41) is 7.03. The third kappa shape index (κ3) is 5.77. The molecule has 8 nitrogen and oxygen atoms in total. The summed E-state index contributed by atoms with van der Waals surface area (Å²) in [6.45, 7) is 3.00. The van der Waals surface area contributed by atoms with E-state index in [1.54, 1.807) is 23.4 Å². The molecule has 2 N–H and O–H groups in total. The second-order valence-electron chi connectivity index (χ2n) is 8.51. The van der Waals surface area contributed by atoms with Gasteiger partial charge in [0, 0.05) is 36.7 Å². The topological polar surface area (TPSA) is 73.7 Å². The van der Waals surface area contributed by atoms with Gasteiger partial charge in [0.1, 0.15) is 0 Å². The number of ether oxygens (including phenoxy) is 2. The van der Waals surface area contributed by atoms with E-state index in [-0.39, 0.29) is 17.9 Å². The molecular formula is C25H29ClF2N6O2. The molecule has 2 aliphatic rings. The van der Waals surface area contributed by atoms with E-state index in [0.29, 0.717) is 36.5 Å². The first-order chi connectivity index (χ1) is 17.4. The van der Waals surface area contributed by atoms with E-state index in [0.717, 1.165) is 17.9 Å². The standard InChI is InChI=1S/C25H29ClF2N6O2/c1-33(2)11-13-36-12-9-29-19-6-4-16(14-18(19)26)32-24-25-31-15-20(34(25)10-8-30-24)17-5-7-21(35-3)23(28)22(17)27/h4-8,10,14,20,29H,9,11-13,15H2,1-3H3,(H,30,32). The van der Waals surface area contributed by atoms with Gasteiger partial charge in [0.2, 0.25) is 5.82 Å². The van der Waals surface area contributed by atoms with Gasteiger partial charge >= 0.3 is 0 Å². The molecule has 11 heteroatoms. The van der Waals surface area contributed by atoms with Gasteiger partial charge in [-0.25, -0.2) is 9.38 Å². The number of rotatable bonds is 10. The molecule has 0 radical (unpaired) electrons. The summed E-state index contributed by atoms with van der Waals surface area (Å²) in [6, 6.07) is 7.96. The number of methoxy groups -OCH3 is 1. The van der Waals surface area contributed by atoms with E-state index >= 15 is 0 Å². The minimum Gasteiger partial charge on any atom is -0.494 e. The lowest BCUT2D eigenvalue weighted by molar-refractivity contribution is 0.126. The van der Waals surface area contributed by atoms with Crippen LogP contribution in [0.2, 0.25) is 5.02 Å². The molecule has 4 rings (SSSR count). The average molecular weight is 519 g/mol. The van der Waals surface area contributed by atoms with Crippen molar-refractivity contribution in [1.82, 2.24) is 9.80 Å². The highest BCUT2D eigenvalue weighted by molar-refractivity contribution is 6.46. The highest BCUT2D eigenvalue weighted by Gasteiger charge is 2.34. The molecule has 2 aliphatic heterocycles. The minimum absolute atomic E-state index is 0.139. The van der Waals surface area contributed by atoms with Crippen LogP contribution < -0.4 is 15.4 Å². The van der Waals surface area contributed by atoms with Crippen molar-refractivity contribution in [2.45, 2.75) is 6.04 Å². The van der Waals surface area contributed by atoms with Crippen molar-refractivity contribution < 1.29 is 18.3 Å². The number of hydrogen-bond donors (Lipinski definition) is 2. The van der Waals surface area contributed by atoms with Crippen LogP contribution in [-0.2, 0) is 4.74 Å². The zero-order valence-corrected chi connectivity index (χ0v) is 21.1. The summed E-state index contributed by atoms with van der Waals surface area (Å²) < 4.78 is 39.5. The Labute approximate surface area is 214 Å². The van der Waals surface area contributed by atoms with Gasteiger partial charge in [-0.1, -0.05) is 17.7 Å². The maximum Gasteiger partial charge on any atom is 0.200 e. The summed E-state index contributed by atoms with van der Waals surface area (Å²) in [7, 11) is 5.30. The van der Waals surface area contributed by atoms with Gasteiger partial charge < -0.3 is 29.9 Å². The first kappa shape index (κ1) is 25.9. The molecule has 0 bridgehead atoms. The molecule has 0 amide bonds. The zero-order chi connectivity index (χ0) is 25.7. The maximum atomic E-state index is 14.7. The first-order valence-corrected chi connectivity index (χ1v) is 11.9. The largest absolute Gasteiger partial charge is 0.494 e. The number of amidine groups is 2. The smallest absolute Gasteiger partial charge is 0.200 e. The van der Waals surface area contributed by atoms with Gasteiger partial charge in [-0.15, -0.1) is 0 Å². The quantitative estimate of drug-likeness (QED) is 0.455. The van der Waals surface area contributed by atoms with Gasteiger partial charge in [0.15, 0.2) is 23.2 Å². The van der Waals surface area contributed by atoms with Gasteiger partial charge in [-0.2, -0.15) is 4.39 Å². The van der Waals surface area contributed by atoms with Crippen LogP contribution >= 0.6 is 11.6 Å². The lowest BCUT2D eigenvalue weighted by Gasteiger charge is -2.27. The molecule has 1 unspecified atom stereocenters. The van der Waals surface area contributed by atoms with Crippen LogP contribution in [-0.4, -0.2) is 75.5 Å². The number of hydrogen-bond acceptors (Lipinski definition) is 8. The molecule has 0 aliphatic carbocycles. The van der Waals surface area contributed by atoms with Crippen molar-refractivity contribution in [2.75, 3.05) is 64.7 Å². The molecule has 2 aromatic rings. The monoisotopic (exact) mass is 518 g/mol. The Morgan fingerprint density at radius 3 is 2.75 bits per heavy atom. The second kappa shape index (κ2) is 11.7. The van der Waals surface area contributed by atoms with Crippen molar-refractivity contribution in [2.24, 2.45) is 9.98 Å². The molecule has 0 spiro atoms. The minimum atomic E-state index is -1.01.